The summed E-state index contributed by atoms with van der Waals surface area (Å²) in [4.78, 5) is 13.4. The van der Waals surface area contributed by atoms with Crippen molar-refractivity contribution in [3.05, 3.63) is 84.4 Å². The smallest absolute Gasteiger partial charge is 0.226 e. The van der Waals surface area contributed by atoms with Crippen molar-refractivity contribution < 1.29 is 14.3 Å². The van der Waals surface area contributed by atoms with Crippen LogP contribution >= 0.6 is 0 Å². The number of methoxy groups -OCH3 is 1. The number of amides is 1. The zero-order valence-electron chi connectivity index (χ0n) is 19.2. The molecule has 1 fully saturated rings. The molecule has 1 aliphatic rings. The highest BCUT2D eigenvalue weighted by atomic mass is 16.5. The summed E-state index contributed by atoms with van der Waals surface area (Å²) in [6.45, 7) is 2.49. The maximum absolute atomic E-state index is 13.4. The lowest BCUT2D eigenvalue weighted by Gasteiger charge is -2.36. The van der Waals surface area contributed by atoms with E-state index in [1.807, 2.05) is 48.5 Å². The van der Waals surface area contributed by atoms with Crippen LogP contribution in [0.5, 0.6) is 5.75 Å². The van der Waals surface area contributed by atoms with Gasteiger partial charge >= 0.3 is 0 Å². The van der Waals surface area contributed by atoms with Crippen LogP contribution in [0.15, 0.2) is 78.9 Å². The summed E-state index contributed by atoms with van der Waals surface area (Å²) in [5, 5.41) is 6.52. The number of hydrogen-bond donors (Lipinski definition) is 2. The molecule has 4 rings (SSSR count). The van der Waals surface area contributed by atoms with Crippen molar-refractivity contribution in [1.82, 2.24) is 5.32 Å². The molecule has 172 valence electrons. The van der Waals surface area contributed by atoms with Gasteiger partial charge in [-0.3, -0.25) is 4.79 Å². The predicted molar refractivity (Wildman–Crippen MR) is 133 cm³/mol. The summed E-state index contributed by atoms with van der Waals surface area (Å²) in [7, 11) is 1.69. The number of carbonyl (C=O) groups excluding carboxylic acids is 1. The van der Waals surface area contributed by atoms with Crippen molar-refractivity contribution in [3.63, 3.8) is 0 Å². The Hall–Kier alpha value is -3.31. The van der Waals surface area contributed by atoms with Crippen LogP contribution in [0, 0.1) is 5.41 Å². The molecule has 3 aromatic rings. The van der Waals surface area contributed by atoms with E-state index in [2.05, 4.69) is 41.0 Å². The highest BCUT2D eigenvalue weighted by molar-refractivity contribution is 5.83. The fourth-order valence-electron chi connectivity index (χ4n) is 4.50. The number of hydrogen-bond acceptors (Lipinski definition) is 4. The third-order valence-corrected chi connectivity index (χ3v) is 6.33. The maximum atomic E-state index is 13.4. The molecule has 0 unspecified atom stereocenters. The van der Waals surface area contributed by atoms with Crippen LogP contribution in [-0.4, -0.2) is 39.3 Å². The van der Waals surface area contributed by atoms with Crippen molar-refractivity contribution in [1.29, 1.82) is 0 Å². The molecule has 1 heterocycles. The van der Waals surface area contributed by atoms with E-state index in [0.717, 1.165) is 41.0 Å². The van der Waals surface area contributed by atoms with Gasteiger partial charge in [0, 0.05) is 37.6 Å². The van der Waals surface area contributed by atoms with Crippen molar-refractivity contribution >= 4 is 11.6 Å². The number of para-hydroxylation sites is 2. The van der Waals surface area contributed by atoms with E-state index in [1.165, 1.54) is 0 Å². The molecular weight excluding hydrogens is 412 g/mol. The monoisotopic (exact) mass is 444 g/mol. The Kier molecular flexibility index (Phi) is 7.63. The van der Waals surface area contributed by atoms with Gasteiger partial charge in [-0.1, -0.05) is 60.7 Å². The highest BCUT2D eigenvalue weighted by Crippen LogP contribution is 2.36. The molecule has 0 aromatic heterocycles. The van der Waals surface area contributed by atoms with Gasteiger partial charge in [-0.2, -0.15) is 0 Å². The first-order valence-electron chi connectivity index (χ1n) is 11.6. The molecule has 3 aromatic carbocycles. The van der Waals surface area contributed by atoms with Crippen molar-refractivity contribution in [2.24, 2.45) is 5.41 Å². The number of ether oxygens (including phenoxy) is 2. The van der Waals surface area contributed by atoms with E-state index < -0.39 is 5.41 Å². The highest BCUT2D eigenvalue weighted by Gasteiger charge is 2.40. The average molecular weight is 445 g/mol. The lowest BCUT2D eigenvalue weighted by atomic mass is 9.74. The van der Waals surface area contributed by atoms with Crippen LogP contribution in [0.2, 0.25) is 0 Å². The molecule has 0 saturated carbocycles. The lowest BCUT2D eigenvalue weighted by molar-refractivity contribution is -0.136. The normalized spacial score (nSPS) is 14.9. The summed E-state index contributed by atoms with van der Waals surface area (Å²) < 4.78 is 11.2. The van der Waals surface area contributed by atoms with Crippen LogP contribution in [0.25, 0.3) is 11.1 Å². The van der Waals surface area contributed by atoms with Crippen molar-refractivity contribution in [2.45, 2.75) is 19.3 Å². The molecular formula is C28H32N2O3. The molecule has 0 aliphatic carbocycles. The fourth-order valence-corrected chi connectivity index (χ4v) is 4.50. The Bertz CT molecular complexity index is 1050. The van der Waals surface area contributed by atoms with Gasteiger partial charge in [-0.15, -0.1) is 0 Å². The number of anilines is 1. The van der Waals surface area contributed by atoms with Crippen molar-refractivity contribution in [2.75, 3.05) is 38.7 Å². The van der Waals surface area contributed by atoms with E-state index >= 15 is 0 Å². The van der Waals surface area contributed by atoms with Gasteiger partial charge < -0.3 is 20.1 Å². The summed E-state index contributed by atoms with van der Waals surface area (Å²) in [6, 6.07) is 26.5. The second kappa shape index (κ2) is 11.0. The molecule has 0 radical (unpaired) electrons. The molecule has 1 saturated heterocycles. The zero-order valence-corrected chi connectivity index (χ0v) is 19.2. The minimum Gasteiger partial charge on any atom is -0.496 e. The second-order valence-electron chi connectivity index (χ2n) is 8.52. The van der Waals surface area contributed by atoms with Gasteiger partial charge in [-0.05, 0) is 48.6 Å². The first-order valence-corrected chi connectivity index (χ1v) is 11.6. The zero-order chi connectivity index (χ0) is 22.9. The molecule has 1 amide bonds. The van der Waals surface area contributed by atoms with E-state index in [1.54, 1.807) is 7.11 Å². The van der Waals surface area contributed by atoms with Gasteiger partial charge in [0.25, 0.3) is 0 Å². The van der Waals surface area contributed by atoms with Gasteiger partial charge in [0.15, 0.2) is 0 Å². The Balaban J connectivity index is 1.45. The van der Waals surface area contributed by atoms with Gasteiger partial charge in [-0.25, -0.2) is 0 Å². The van der Waals surface area contributed by atoms with E-state index in [9.17, 15) is 4.79 Å². The standard InChI is InChI=1S/C28H32N2O3/c1-32-26-13-6-5-12-25(26)23-9-7-8-22(20-23)21-28(14-18-33-19-15-28)27(31)30-17-16-29-24-10-3-2-4-11-24/h2-13,20,29H,14-19,21H2,1H3,(H,30,31). The molecule has 33 heavy (non-hydrogen) atoms. The largest absolute Gasteiger partial charge is 0.496 e. The van der Waals surface area contributed by atoms with E-state index in [0.29, 0.717) is 32.7 Å². The average Bonchev–Trinajstić information content (AvgIpc) is 2.88. The Labute approximate surface area is 196 Å². The number of nitrogens with one attached hydrogen (secondary N) is 2. The van der Waals surface area contributed by atoms with Crippen LogP contribution in [0.1, 0.15) is 18.4 Å². The SMILES string of the molecule is COc1ccccc1-c1cccc(CC2(C(=O)NCCNc3ccccc3)CCOCC2)c1. The predicted octanol–water partition coefficient (Wildman–Crippen LogP) is 4.93. The molecule has 1 aliphatic heterocycles. The number of benzene rings is 3. The summed E-state index contributed by atoms with van der Waals surface area (Å²) in [6.07, 6.45) is 2.14. The van der Waals surface area contributed by atoms with Crippen molar-refractivity contribution in [3.8, 4) is 16.9 Å². The Morgan fingerprint density at radius 3 is 2.48 bits per heavy atom. The third kappa shape index (κ3) is 5.74. The number of rotatable bonds is 9. The van der Waals surface area contributed by atoms with Gasteiger partial charge in [0.05, 0.1) is 12.5 Å². The lowest BCUT2D eigenvalue weighted by Crippen LogP contribution is -2.47. The van der Waals surface area contributed by atoms with Gasteiger partial charge in [0.2, 0.25) is 5.91 Å². The van der Waals surface area contributed by atoms with Crippen LogP contribution in [-0.2, 0) is 16.0 Å². The maximum Gasteiger partial charge on any atom is 0.226 e. The molecule has 5 heteroatoms. The minimum atomic E-state index is -0.454. The topological polar surface area (TPSA) is 59.6 Å². The fraction of sp³-hybridized carbons (Fsp3) is 0.321. The molecule has 5 nitrogen and oxygen atoms in total. The number of carbonyl (C=O) groups is 1. The summed E-state index contributed by atoms with van der Waals surface area (Å²) in [5.74, 6) is 0.961. The first-order chi connectivity index (χ1) is 16.2. The Morgan fingerprint density at radius 2 is 1.70 bits per heavy atom. The molecule has 2 N–H and O–H groups in total. The summed E-state index contributed by atoms with van der Waals surface area (Å²) in [5.41, 5.74) is 3.90. The van der Waals surface area contributed by atoms with Crippen LogP contribution in [0.4, 0.5) is 5.69 Å². The van der Waals surface area contributed by atoms with E-state index in [4.69, 9.17) is 9.47 Å². The van der Waals surface area contributed by atoms with E-state index in [-0.39, 0.29) is 5.91 Å². The van der Waals surface area contributed by atoms with Crippen LogP contribution in [0.3, 0.4) is 0 Å². The molecule has 0 spiro atoms. The van der Waals surface area contributed by atoms with Gasteiger partial charge in [0.1, 0.15) is 5.75 Å². The second-order valence-corrected chi connectivity index (χ2v) is 8.52. The van der Waals surface area contributed by atoms with Crippen LogP contribution < -0.4 is 15.4 Å². The first kappa shape index (κ1) is 22.9. The third-order valence-electron chi connectivity index (χ3n) is 6.33. The molecule has 0 atom stereocenters. The quantitative estimate of drug-likeness (QED) is 0.460. The minimum absolute atomic E-state index is 0.114. The Morgan fingerprint density at radius 1 is 0.939 bits per heavy atom. The summed E-state index contributed by atoms with van der Waals surface area (Å²) >= 11 is 0. The molecule has 0 bridgehead atoms.